The van der Waals surface area contributed by atoms with E-state index in [1.807, 2.05) is 20.2 Å². The Balaban J connectivity index is 2.17. The maximum Gasteiger partial charge on any atom is 0.152 e. The Morgan fingerprint density at radius 1 is 1.53 bits per heavy atom. The van der Waals surface area contributed by atoms with Gasteiger partial charge in [-0.2, -0.15) is 0 Å². The summed E-state index contributed by atoms with van der Waals surface area (Å²) in [7, 11) is 1.99. The van der Waals surface area contributed by atoms with Crippen molar-refractivity contribution in [1.29, 1.82) is 0 Å². The molecular formula is C14H22BrN3O. The lowest BCUT2D eigenvalue weighted by molar-refractivity contribution is 0.206. The van der Waals surface area contributed by atoms with Crippen LogP contribution in [0.1, 0.15) is 37.7 Å². The van der Waals surface area contributed by atoms with Crippen LogP contribution >= 0.6 is 15.9 Å². The number of hydrogen-bond donors (Lipinski definition) is 1. The SMILES string of the molecule is CCOc1cc([C@H]2CCCCN(NC)C2)cnc1Br. The van der Waals surface area contributed by atoms with E-state index in [-0.39, 0.29) is 0 Å². The van der Waals surface area contributed by atoms with Crippen molar-refractivity contribution >= 4 is 15.9 Å². The van der Waals surface area contributed by atoms with Crippen LogP contribution in [0.5, 0.6) is 5.75 Å². The highest BCUT2D eigenvalue weighted by Crippen LogP contribution is 2.30. The van der Waals surface area contributed by atoms with Crippen LogP contribution in [0.2, 0.25) is 0 Å². The van der Waals surface area contributed by atoms with E-state index in [0.29, 0.717) is 12.5 Å². The third-order valence-electron chi connectivity index (χ3n) is 3.59. The number of halogens is 1. The van der Waals surface area contributed by atoms with E-state index < -0.39 is 0 Å². The summed E-state index contributed by atoms with van der Waals surface area (Å²) < 4.78 is 6.40. The zero-order valence-corrected chi connectivity index (χ0v) is 13.2. The first-order valence-electron chi connectivity index (χ1n) is 6.95. The van der Waals surface area contributed by atoms with Crippen molar-refractivity contribution in [1.82, 2.24) is 15.4 Å². The quantitative estimate of drug-likeness (QED) is 0.863. The Morgan fingerprint density at radius 3 is 3.11 bits per heavy atom. The van der Waals surface area contributed by atoms with Crippen LogP contribution in [0.4, 0.5) is 0 Å². The summed E-state index contributed by atoms with van der Waals surface area (Å²) in [5, 5.41) is 2.29. The average molecular weight is 328 g/mol. The van der Waals surface area contributed by atoms with Gasteiger partial charge in [0, 0.05) is 19.3 Å². The summed E-state index contributed by atoms with van der Waals surface area (Å²) in [6, 6.07) is 2.13. The maximum absolute atomic E-state index is 5.61. The number of pyridine rings is 1. The second-order valence-corrected chi connectivity index (χ2v) is 5.60. The van der Waals surface area contributed by atoms with Crippen molar-refractivity contribution in [3.05, 3.63) is 22.4 Å². The van der Waals surface area contributed by atoms with Gasteiger partial charge < -0.3 is 4.74 Å². The molecule has 1 saturated heterocycles. The Hall–Kier alpha value is -0.650. The number of aromatic nitrogens is 1. The molecule has 0 aliphatic carbocycles. The number of nitrogens with zero attached hydrogens (tertiary/aromatic N) is 2. The predicted molar refractivity (Wildman–Crippen MR) is 80.3 cm³/mol. The molecule has 106 valence electrons. The lowest BCUT2D eigenvalue weighted by Crippen LogP contribution is -2.37. The third kappa shape index (κ3) is 3.91. The van der Waals surface area contributed by atoms with Gasteiger partial charge in [0.2, 0.25) is 0 Å². The van der Waals surface area contributed by atoms with E-state index >= 15 is 0 Å². The van der Waals surface area contributed by atoms with Gasteiger partial charge in [0.15, 0.2) is 5.75 Å². The Bertz CT molecular complexity index is 414. The first-order valence-corrected chi connectivity index (χ1v) is 7.74. The molecule has 0 spiro atoms. The van der Waals surface area contributed by atoms with E-state index in [0.717, 1.165) is 23.4 Å². The number of ether oxygens (including phenoxy) is 1. The molecule has 1 aliphatic heterocycles. The molecule has 19 heavy (non-hydrogen) atoms. The molecule has 0 amide bonds. The fraction of sp³-hybridized carbons (Fsp3) is 0.643. The highest BCUT2D eigenvalue weighted by molar-refractivity contribution is 9.10. The van der Waals surface area contributed by atoms with Crippen molar-refractivity contribution in [3.63, 3.8) is 0 Å². The first-order chi connectivity index (χ1) is 9.24. The first kappa shape index (κ1) is 14.8. The minimum absolute atomic E-state index is 0.523. The summed E-state index contributed by atoms with van der Waals surface area (Å²) in [6.07, 6.45) is 5.70. The highest BCUT2D eigenvalue weighted by Gasteiger charge is 2.20. The van der Waals surface area contributed by atoms with Crippen LogP contribution in [0, 0.1) is 0 Å². The summed E-state index contributed by atoms with van der Waals surface area (Å²) in [6.45, 7) is 4.81. The van der Waals surface area contributed by atoms with Gasteiger partial charge in [0.05, 0.1) is 6.61 Å². The van der Waals surface area contributed by atoms with Crippen molar-refractivity contribution in [3.8, 4) is 5.75 Å². The van der Waals surface area contributed by atoms with Gasteiger partial charge in [-0.1, -0.05) is 6.42 Å². The highest BCUT2D eigenvalue weighted by atomic mass is 79.9. The minimum atomic E-state index is 0.523. The van der Waals surface area contributed by atoms with E-state index in [1.165, 1.54) is 24.8 Å². The largest absolute Gasteiger partial charge is 0.491 e. The lowest BCUT2D eigenvalue weighted by Gasteiger charge is -2.23. The number of hydrazine groups is 1. The van der Waals surface area contributed by atoms with E-state index in [2.05, 4.69) is 37.4 Å². The molecule has 0 bridgehead atoms. The Labute approximate surface area is 123 Å². The Morgan fingerprint density at radius 2 is 2.37 bits per heavy atom. The van der Waals surface area contributed by atoms with Crippen LogP contribution in [-0.4, -0.2) is 36.7 Å². The van der Waals surface area contributed by atoms with Gasteiger partial charge >= 0.3 is 0 Å². The predicted octanol–water partition coefficient (Wildman–Crippen LogP) is 2.95. The molecule has 1 aliphatic rings. The molecule has 0 radical (unpaired) electrons. The fourth-order valence-corrected chi connectivity index (χ4v) is 2.87. The maximum atomic E-state index is 5.61. The Kier molecular flexibility index (Phi) is 5.60. The molecule has 2 rings (SSSR count). The molecule has 2 heterocycles. The van der Waals surface area contributed by atoms with Crippen LogP contribution in [0.15, 0.2) is 16.9 Å². The summed E-state index contributed by atoms with van der Waals surface area (Å²) in [5.41, 5.74) is 4.54. The summed E-state index contributed by atoms with van der Waals surface area (Å²) >= 11 is 3.44. The molecule has 1 aromatic heterocycles. The van der Waals surface area contributed by atoms with Crippen molar-refractivity contribution in [2.45, 2.75) is 32.1 Å². The van der Waals surface area contributed by atoms with E-state index in [4.69, 9.17) is 4.74 Å². The smallest absolute Gasteiger partial charge is 0.152 e. The molecule has 1 atom stereocenters. The van der Waals surface area contributed by atoms with Crippen molar-refractivity contribution < 1.29 is 4.74 Å². The van der Waals surface area contributed by atoms with Crippen molar-refractivity contribution in [2.75, 3.05) is 26.7 Å². The molecule has 0 saturated carbocycles. The topological polar surface area (TPSA) is 37.4 Å². The molecule has 0 aromatic carbocycles. The van der Waals surface area contributed by atoms with Gasteiger partial charge in [0.25, 0.3) is 0 Å². The van der Waals surface area contributed by atoms with Gasteiger partial charge in [0.1, 0.15) is 4.60 Å². The lowest BCUT2D eigenvalue weighted by atomic mass is 9.96. The standard InChI is InChI=1S/C14H22BrN3O/c1-3-19-13-8-12(9-17-14(13)15)11-6-4-5-7-18(10-11)16-2/h8-9,11,16H,3-7,10H2,1-2H3/t11-/m0/s1. The molecule has 5 heteroatoms. The van der Waals surface area contributed by atoms with Crippen molar-refractivity contribution in [2.24, 2.45) is 0 Å². The van der Waals surface area contributed by atoms with E-state index in [1.54, 1.807) is 0 Å². The number of nitrogens with one attached hydrogen (secondary N) is 1. The second kappa shape index (κ2) is 7.22. The second-order valence-electron chi connectivity index (χ2n) is 4.85. The number of rotatable bonds is 4. The monoisotopic (exact) mass is 327 g/mol. The molecule has 0 unspecified atom stereocenters. The molecule has 1 fully saturated rings. The summed E-state index contributed by atoms with van der Waals surface area (Å²) in [5.74, 6) is 1.37. The molecular weight excluding hydrogens is 306 g/mol. The molecule has 4 nitrogen and oxygen atoms in total. The third-order valence-corrected chi connectivity index (χ3v) is 4.18. The zero-order chi connectivity index (χ0) is 13.7. The summed E-state index contributed by atoms with van der Waals surface area (Å²) in [4.78, 5) is 4.41. The van der Waals surface area contributed by atoms with Crippen LogP contribution in [0.3, 0.4) is 0 Å². The fourth-order valence-electron chi connectivity index (χ4n) is 2.54. The average Bonchev–Trinajstić information content (AvgIpc) is 2.67. The van der Waals surface area contributed by atoms with Crippen LogP contribution in [-0.2, 0) is 0 Å². The minimum Gasteiger partial charge on any atom is -0.491 e. The zero-order valence-electron chi connectivity index (χ0n) is 11.7. The molecule has 1 aromatic rings. The van der Waals surface area contributed by atoms with Gasteiger partial charge in [-0.3, -0.25) is 5.43 Å². The van der Waals surface area contributed by atoms with Gasteiger partial charge in [-0.25, -0.2) is 9.99 Å². The van der Waals surface area contributed by atoms with Gasteiger partial charge in [-0.15, -0.1) is 0 Å². The molecule has 1 N–H and O–H groups in total. The van der Waals surface area contributed by atoms with Crippen LogP contribution < -0.4 is 10.2 Å². The normalized spacial score (nSPS) is 21.1. The van der Waals surface area contributed by atoms with E-state index in [9.17, 15) is 0 Å². The van der Waals surface area contributed by atoms with Crippen LogP contribution in [0.25, 0.3) is 0 Å². The van der Waals surface area contributed by atoms with Gasteiger partial charge in [-0.05, 0) is 60.3 Å². The number of hydrogen-bond acceptors (Lipinski definition) is 4.